The molecule has 4 nitrogen and oxygen atoms in total. The van der Waals surface area contributed by atoms with Crippen molar-refractivity contribution in [2.24, 2.45) is 7.05 Å². The van der Waals surface area contributed by atoms with E-state index in [2.05, 4.69) is 5.32 Å². The summed E-state index contributed by atoms with van der Waals surface area (Å²) in [6, 6.07) is 9.32. The summed E-state index contributed by atoms with van der Waals surface area (Å²) in [7, 11) is 1.96. The highest BCUT2D eigenvalue weighted by Crippen LogP contribution is 2.19. The molecule has 2 aromatic rings. The molecule has 0 aliphatic heterocycles. The van der Waals surface area contributed by atoms with E-state index in [-0.39, 0.29) is 12.0 Å². The molecule has 4 heteroatoms. The zero-order chi connectivity index (χ0) is 15.6. The van der Waals surface area contributed by atoms with Crippen molar-refractivity contribution < 1.29 is 9.53 Å². The van der Waals surface area contributed by atoms with Crippen molar-refractivity contribution in [1.82, 2.24) is 4.57 Å². The number of ether oxygens (including phenoxy) is 1. The highest BCUT2D eigenvalue weighted by atomic mass is 16.5. The maximum atomic E-state index is 12.3. The number of aryl methyl sites for hydroxylation is 1. The Bertz CT molecular complexity index is 640. The maximum Gasteiger partial charge on any atom is 0.257 e. The molecule has 0 saturated carbocycles. The molecule has 2 rings (SSSR count). The van der Waals surface area contributed by atoms with Crippen molar-refractivity contribution in [1.29, 1.82) is 0 Å². The molecule has 0 fully saturated rings. The Morgan fingerprint density at radius 2 is 1.81 bits per heavy atom. The average Bonchev–Trinajstić information content (AvgIpc) is 2.68. The van der Waals surface area contributed by atoms with Gasteiger partial charge in [-0.1, -0.05) is 0 Å². The molecule has 1 heterocycles. The summed E-state index contributed by atoms with van der Waals surface area (Å²) < 4.78 is 7.59. The number of amides is 1. The van der Waals surface area contributed by atoms with Crippen LogP contribution in [0.15, 0.2) is 30.3 Å². The summed E-state index contributed by atoms with van der Waals surface area (Å²) in [6.07, 6.45) is 0.139. The van der Waals surface area contributed by atoms with E-state index in [1.807, 2.05) is 69.6 Å². The number of benzene rings is 1. The first-order valence-corrected chi connectivity index (χ1v) is 7.09. The third kappa shape index (κ3) is 3.45. The Hall–Kier alpha value is -2.23. The Morgan fingerprint density at radius 3 is 2.29 bits per heavy atom. The molecular formula is C17H22N2O2. The summed E-state index contributed by atoms with van der Waals surface area (Å²) in [5.74, 6) is 0.712. The molecule has 0 atom stereocenters. The number of carbonyl (C=O) groups is 1. The van der Waals surface area contributed by atoms with Crippen LogP contribution in [0.25, 0.3) is 0 Å². The van der Waals surface area contributed by atoms with Gasteiger partial charge in [-0.2, -0.15) is 0 Å². The van der Waals surface area contributed by atoms with Crippen molar-refractivity contribution in [3.05, 3.63) is 47.3 Å². The van der Waals surface area contributed by atoms with Crippen LogP contribution >= 0.6 is 0 Å². The van der Waals surface area contributed by atoms with Gasteiger partial charge in [0.2, 0.25) is 0 Å². The zero-order valence-corrected chi connectivity index (χ0v) is 13.2. The molecule has 1 N–H and O–H groups in total. The molecular weight excluding hydrogens is 264 g/mol. The topological polar surface area (TPSA) is 43.3 Å². The smallest absolute Gasteiger partial charge is 0.257 e. The van der Waals surface area contributed by atoms with Gasteiger partial charge >= 0.3 is 0 Å². The summed E-state index contributed by atoms with van der Waals surface area (Å²) >= 11 is 0. The fourth-order valence-corrected chi connectivity index (χ4v) is 2.17. The summed E-state index contributed by atoms with van der Waals surface area (Å²) in [6.45, 7) is 7.90. The quantitative estimate of drug-likeness (QED) is 0.931. The van der Waals surface area contributed by atoms with E-state index in [4.69, 9.17) is 4.74 Å². The SMILES string of the molecule is Cc1cc(C(=O)Nc2ccc(OC(C)C)cc2)c(C)n1C. The second-order valence-corrected chi connectivity index (χ2v) is 5.49. The number of rotatable bonds is 4. The van der Waals surface area contributed by atoms with Crippen LogP contribution in [-0.4, -0.2) is 16.6 Å². The maximum absolute atomic E-state index is 12.3. The van der Waals surface area contributed by atoms with Crippen molar-refractivity contribution in [3.63, 3.8) is 0 Å². The third-order valence-corrected chi connectivity index (χ3v) is 3.50. The first kappa shape index (κ1) is 15.2. The van der Waals surface area contributed by atoms with E-state index in [1.54, 1.807) is 0 Å². The van der Waals surface area contributed by atoms with Crippen molar-refractivity contribution >= 4 is 11.6 Å². The van der Waals surface area contributed by atoms with Gasteiger partial charge in [0, 0.05) is 24.1 Å². The van der Waals surface area contributed by atoms with Gasteiger partial charge in [-0.05, 0) is 58.0 Å². The Labute approximate surface area is 125 Å². The molecule has 0 aliphatic carbocycles. The number of nitrogens with one attached hydrogen (secondary N) is 1. The second kappa shape index (κ2) is 6.04. The van der Waals surface area contributed by atoms with Gasteiger partial charge in [0.25, 0.3) is 5.91 Å². The number of anilines is 1. The Kier molecular flexibility index (Phi) is 4.36. The molecule has 0 radical (unpaired) electrons. The van der Waals surface area contributed by atoms with Crippen molar-refractivity contribution in [2.75, 3.05) is 5.32 Å². The molecule has 0 bridgehead atoms. The van der Waals surface area contributed by atoms with E-state index in [0.717, 1.165) is 22.8 Å². The van der Waals surface area contributed by atoms with E-state index in [0.29, 0.717) is 5.56 Å². The lowest BCUT2D eigenvalue weighted by molar-refractivity contribution is 0.102. The first-order valence-electron chi connectivity index (χ1n) is 7.09. The summed E-state index contributed by atoms with van der Waals surface area (Å²) in [5, 5.41) is 2.91. The standard InChI is InChI=1S/C17H22N2O2/c1-11(2)21-15-8-6-14(7-9-15)18-17(20)16-10-12(3)19(5)13(16)4/h6-11H,1-5H3,(H,18,20). The Morgan fingerprint density at radius 1 is 1.19 bits per heavy atom. The van der Waals surface area contributed by atoms with Crippen LogP contribution in [-0.2, 0) is 7.05 Å². The van der Waals surface area contributed by atoms with Gasteiger partial charge < -0.3 is 14.6 Å². The second-order valence-electron chi connectivity index (χ2n) is 5.49. The van der Waals surface area contributed by atoms with Crippen LogP contribution in [0, 0.1) is 13.8 Å². The van der Waals surface area contributed by atoms with Crippen LogP contribution in [0.4, 0.5) is 5.69 Å². The van der Waals surface area contributed by atoms with Crippen LogP contribution in [0.2, 0.25) is 0 Å². The summed E-state index contributed by atoms with van der Waals surface area (Å²) in [5.41, 5.74) is 3.50. The van der Waals surface area contributed by atoms with Gasteiger partial charge in [-0.25, -0.2) is 0 Å². The minimum atomic E-state index is -0.0891. The molecule has 0 aliphatic rings. The lowest BCUT2D eigenvalue weighted by atomic mass is 10.2. The Balaban J connectivity index is 2.10. The number of aromatic nitrogens is 1. The minimum absolute atomic E-state index is 0.0891. The van der Waals surface area contributed by atoms with Gasteiger partial charge in [0.05, 0.1) is 11.7 Å². The van der Waals surface area contributed by atoms with Gasteiger partial charge in [0.15, 0.2) is 0 Å². The van der Waals surface area contributed by atoms with E-state index < -0.39 is 0 Å². The number of hydrogen-bond donors (Lipinski definition) is 1. The van der Waals surface area contributed by atoms with Crippen molar-refractivity contribution in [3.8, 4) is 5.75 Å². The molecule has 0 saturated heterocycles. The molecule has 1 aromatic carbocycles. The van der Waals surface area contributed by atoms with Gasteiger partial charge in [-0.3, -0.25) is 4.79 Å². The zero-order valence-electron chi connectivity index (χ0n) is 13.2. The predicted molar refractivity (Wildman–Crippen MR) is 85.0 cm³/mol. The minimum Gasteiger partial charge on any atom is -0.491 e. The van der Waals surface area contributed by atoms with Gasteiger partial charge in [0.1, 0.15) is 5.75 Å². The van der Waals surface area contributed by atoms with E-state index >= 15 is 0 Å². The van der Waals surface area contributed by atoms with Crippen LogP contribution < -0.4 is 10.1 Å². The van der Waals surface area contributed by atoms with Crippen LogP contribution in [0.5, 0.6) is 5.75 Å². The van der Waals surface area contributed by atoms with Gasteiger partial charge in [-0.15, -0.1) is 0 Å². The number of nitrogens with zero attached hydrogens (tertiary/aromatic N) is 1. The molecule has 21 heavy (non-hydrogen) atoms. The van der Waals surface area contributed by atoms with Crippen molar-refractivity contribution in [2.45, 2.75) is 33.8 Å². The normalized spacial score (nSPS) is 10.8. The fraction of sp³-hybridized carbons (Fsp3) is 0.353. The first-order chi connectivity index (χ1) is 9.88. The highest BCUT2D eigenvalue weighted by molar-refractivity contribution is 6.05. The van der Waals surface area contributed by atoms with E-state index in [1.165, 1.54) is 0 Å². The molecule has 1 amide bonds. The predicted octanol–water partition coefficient (Wildman–Crippen LogP) is 3.68. The highest BCUT2D eigenvalue weighted by Gasteiger charge is 2.14. The summed E-state index contributed by atoms with van der Waals surface area (Å²) in [4.78, 5) is 12.3. The molecule has 0 unspecified atom stereocenters. The van der Waals surface area contributed by atoms with Crippen LogP contribution in [0.1, 0.15) is 35.6 Å². The average molecular weight is 286 g/mol. The monoisotopic (exact) mass is 286 g/mol. The van der Waals surface area contributed by atoms with E-state index in [9.17, 15) is 4.79 Å². The number of hydrogen-bond acceptors (Lipinski definition) is 2. The lowest BCUT2D eigenvalue weighted by Crippen LogP contribution is -2.13. The molecule has 112 valence electrons. The lowest BCUT2D eigenvalue weighted by Gasteiger charge is -2.10. The molecule has 1 aromatic heterocycles. The molecule has 0 spiro atoms. The fourth-order valence-electron chi connectivity index (χ4n) is 2.17. The van der Waals surface area contributed by atoms with Crippen LogP contribution in [0.3, 0.4) is 0 Å². The largest absolute Gasteiger partial charge is 0.491 e. The third-order valence-electron chi connectivity index (χ3n) is 3.50. The number of carbonyl (C=O) groups excluding carboxylic acids is 1.